The molecule has 0 saturated carbocycles. The van der Waals surface area contributed by atoms with Gasteiger partial charge in [0, 0.05) is 19.3 Å². The summed E-state index contributed by atoms with van der Waals surface area (Å²) in [4.78, 5) is 6.05. The van der Waals surface area contributed by atoms with Crippen molar-refractivity contribution in [1.82, 2.24) is 4.98 Å². The first-order valence-electron chi connectivity index (χ1n) is 5.87. The fourth-order valence-corrected chi connectivity index (χ4v) is 2.46. The van der Waals surface area contributed by atoms with E-state index in [1.807, 2.05) is 17.0 Å². The van der Waals surface area contributed by atoms with Crippen LogP contribution in [0.1, 0.15) is 11.1 Å². The smallest absolute Gasteiger partial charge is 0.167 e. The number of benzene rings is 1. The molecular formula is C14H12ClFN2. The molecule has 0 aliphatic carbocycles. The van der Waals surface area contributed by atoms with Crippen molar-refractivity contribution in [3.63, 3.8) is 0 Å². The molecule has 0 atom stereocenters. The van der Waals surface area contributed by atoms with Crippen molar-refractivity contribution in [2.75, 3.05) is 11.4 Å². The molecule has 92 valence electrons. The lowest BCUT2D eigenvalue weighted by Crippen LogP contribution is -2.31. The highest BCUT2D eigenvalue weighted by Gasteiger charge is 2.19. The molecule has 0 amide bonds. The predicted molar refractivity (Wildman–Crippen MR) is 70.4 cm³/mol. The van der Waals surface area contributed by atoms with Gasteiger partial charge in [-0.3, -0.25) is 0 Å². The van der Waals surface area contributed by atoms with Crippen LogP contribution in [0.15, 0.2) is 36.5 Å². The summed E-state index contributed by atoms with van der Waals surface area (Å²) >= 11 is 5.72. The summed E-state index contributed by atoms with van der Waals surface area (Å²) in [6.07, 6.45) is 2.40. The summed E-state index contributed by atoms with van der Waals surface area (Å²) in [5.41, 5.74) is 2.57. The molecule has 3 rings (SSSR count). The molecular weight excluding hydrogens is 251 g/mol. The van der Waals surface area contributed by atoms with Crippen LogP contribution >= 0.6 is 11.6 Å². The van der Waals surface area contributed by atoms with E-state index in [9.17, 15) is 4.39 Å². The molecule has 0 radical (unpaired) electrons. The number of anilines is 1. The fourth-order valence-electron chi connectivity index (χ4n) is 2.32. The molecule has 0 bridgehead atoms. The predicted octanol–water partition coefficient (Wildman–Crippen LogP) is 3.44. The highest BCUT2D eigenvalue weighted by molar-refractivity contribution is 6.30. The SMILES string of the molecule is Fc1cc(Cl)cnc1N1CCc2ccccc2C1. The molecule has 18 heavy (non-hydrogen) atoms. The quantitative estimate of drug-likeness (QED) is 0.783. The summed E-state index contributed by atoms with van der Waals surface area (Å²) in [6.45, 7) is 1.48. The van der Waals surface area contributed by atoms with Gasteiger partial charge in [0.05, 0.1) is 5.02 Å². The maximum atomic E-state index is 13.8. The van der Waals surface area contributed by atoms with E-state index < -0.39 is 0 Å². The van der Waals surface area contributed by atoms with Gasteiger partial charge in [0.1, 0.15) is 0 Å². The van der Waals surface area contributed by atoms with Gasteiger partial charge in [-0.15, -0.1) is 0 Å². The van der Waals surface area contributed by atoms with Crippen molar-refractivity contribution in [3.05, 3.63) is 58.5 Å². The van der Waals surface area contributed by atoms with E-state index in [0.29, 0.717) is 17.4 Å². The summed E-state index contributed by atoms with van der Waals surface area (Å²) in [7, 11) is 0. The summed E-state index contributed by atoms with van der Waals surface area (Å²) in [6, 6.07) is 9.56. The highest BCUT2D eigenvalue weighted by Crippen LogP contribution is 2.25. The summed E-state index contributed by atoms with van der Waals surface area (Å²) in [5, 5.41) is 0.327. The molecule has 0 saturated heterocycles. The Morgan fingerprint density at radius 2 is 2.00 bits per heavy atom. The van der Waals surface area contributed by atoms with Gasteiger partial charge < -0.3 is 4.90 Å². The number of pyridine rings is 1. The van der Waals surface area contributed by atoms with E-state index in [4.69, 9.17) is 11.6 Å². The van der Waals surface area contributed by atoms with Gasteiger partial charge in [0.2, 0.25) is 0 Å². The average Bonchev–Trinajstić information content (AvgIpc) is 2.38. The molecule has 1 aromatic heterocycles. The molecule has 0 N–H and O–H groups in total. The Hall–Kier alpha value is -1.61. The molecule has 1 aromatic carbocycles. The van der Waals surface area contributed by atoms with Crippen LogP contribution < -0.4 is 4.90 Å². The molecule has 0 spiro atoms. The molecule has 2 heterocycles. The number of nitrogens with zero attached hydrogens (tertiary/aromatic N) is 2. The standard InChI is InChI=1S/C14H12ClFN2/c15-12-7-13(16)14(17-8-12)18-6-5-10-3-1-2-4-11(10)9-18/h1-4,7-8H,5-6,9H2. The molecule has 1 aliphatic rings. The lowest BCUT2D eigenvalue weighted by molar-refractivity contribution is 0.601. The topological polar surface area (TPSA) is 16.1 Å². The van der Waals surface area contributed by atoms with Gasteiger partial charge >= 0.3 is 0 Å². The van der Waals surface area contributed by atoms with Crippen molar-refractivity contribution in [3.8, 4) is 0 Å². The van der Waals surface area contributed by atoms with E-state index in [1.165, 1.54) is 23.4 Å². The molecule has 0 unspecified atom stereocenters. The van der Waals surface area contributed by atoms with Crippen LogP contribution in [0.25, 0.3) is 0 Å². The number of hydrogen-bond donors (Lipinski definition) is 0. The lowest BCUT2D eigenvalue weighted by atomic mass is 10.00. The molecule has 2 aromatic rings. The first-order chi connectivity index (χ1) is 8.74. The van der Waals surface area contributed by atoms with Crippen LogP contribution in [0.2, 0.25) is 5.02 Å². The van der Waals surface area contributed by atoms with E-state index in [2.05, 4.69) is 17.1 Å². The fraction of sp³-hybridized carbons (Fsp3) is 0.214. The Bertz CT molecular complexity index is 586. The van der Waals surface area contributed by atoms with Crippen LogP contribution in [-0.2, 0) is 13.0 Å². The van der Waals surface area contributed by atoms with Crippen molar-refractivity contribution in [2.24, 2.45) is 0 Å². The maximum Gasteiger partial charge on any atom is 0.167 e. The third kappa shape index (κ3) is 2.06. The summed E-state index contributed by atoms with van der Waals surface area (Å²) < 4.78 is 13.8. The van der Waals surface area contributed by atoms with E-state index >= 15 is 0 Å². The van der Waals surface area contributed by atoms with Gasteiger partial charge in [-0.05, 0) is 23.6 Å². The number of aromatic nitrogens is 1. The van der Waals surface area contributed by atoms with Gasteiger partial charge in [0.25, 0.3) is 0 Å². The minimum Gasteiger partial charge on any atom is -0.350 e. The maximum absolute atomic E-state index is 13.8. The Morgan fingerprint density at radius 3 is 2.78 bits per heavy atom. The van der Waals surface area contributed by atoms with Crippen LogP contribution in [-0.4, -0.2) is 11.5 Å². The number of rotatable bonds is 1. The normalized spacial score (nSPS) is 14.4. The second-order valence-corrected chi connectivity index (χ2v) is 4.84. The zero-order valence-corrected chi connectivity index (χ0v) is 10.5. The van der Waals surface area contributed by atoms with Crippen LogP contribution in [0.4, 0.5) is 10.2 Å². The molecule has 0 fully saturated rings. The average molecular weight is 263 g/mol. The first-order valence-corrected chi connectivity index (χ1v) is 6.24. The zero-order valence-electron chi connectivity index (χ0n) is 9.74. The van der Waals surface area contributed by atoms with E-state index in [1.54, 1.807) is 0 Å². The van der Waals surface area contributed by atoms with Crippen molar-refractivity contribution in [1.29, 1.82) is 0 Å². The lowest BCUT2D eigenvalue weighted by Gasteiger charge is -2.29. The second kappa shape index (κ2) is 4.58. The van der Waals surface area contributed by atoms with Gasteiger partial charge in [-0.1, -0.05) is 35.9 Å². The number of halogens is 2. The molecule has 2 nitrogen and oxygen atoms in total. The van der Waals surface area contributed by atoms with Crippen LogP contribution in [0.5, 0.6) is 0 Å². The Balaban J connectivity index is 1.92. The Morgan fingerprint density at radius 1 is 1.22 bits per heavy atom. The van der Waals surface area contributed by atoms with Gasteiger partial charge in [0.15, 0.2) is 11.6 Å². The largest absolute Gasteiger partial charge is 0.350 e. The summed E-state index contributed by atoms with van der Waals surface area (Å²) in [5.74, 6) is 0.0239. The second-order valence-electron chi connectivity index (χ2n) is 4.40. The minimum atomic E-state index is -0.359. The van der Waals surface area contributed by atoms with Crippen molar-refractivity contribution in [2.45, 2.75) is 13.0 Å². The highest BCUT2D eigenvalue weighted by atomic mass is 35.5. The van der Waals surface area contributed by atoms with E-state index in [0.717, 1.165) is 13.0 Å². The third-order valence-electron chi connectivity index (χ3n) is 3.22. The molecule has 1 aliphatic heterocycles. The van der Waals surface area contributed by atoms with Crippen molar-refractivity contribution < 1.29 is 4.39 Å². The van der Waals surface area contributed by atoms with Crippen molar-refractivity contribution >= 4 is 17.4 Å². The van der Waals surface area contributed by atoms with Gasteiger partial charge in [-0.25, -0.2) is 9.37 Å². The van der Waals surface area contributed by atoms with Crippen LogP contribution in [0, 0.1) is 5.82 Å². The van der Waals surface area contributed by atoms with E-state index in [-0.39, 0.29) is 5.82 Å². The first kappa shape index (κ1) is 11.5. The monoisotopic (exact) mass is 262 g/mol. The molecule has 4 heteroatoms. The number of fused-ring (bicyclic) bond motifs is 1. The van der Waals surface area contributed by atoms with Gasteiger partial charge in [-0.2, -0.15) is 0 Å². The number of hydrogen-bond acceptors (Lipinski definition) is 2. The minimum absolute atomic E-state index is 0.327. The zero-order chi connectivity index (χ0) is 12.5. The van der Waals surface area contributed by atoms with Crippen LogP contribution in [0.3, 0.4) is 0 Å². The third-order valence-corrected chi connectivity index (χ3v) is 3.43. The Kier molecular flexibility index (Phi) is 2.92. The Labute approximate surface area is 110 Å².